The summed E-state index contributed by atoms with van der Waals surface area (Å²) in [4.78, 5) is 0. The summed E-state index contributed by atoms with van der Waals surface area (Å²) in [5.41, 5.74) is 0. The first-order valence-corrected chi connectivity index (χ1v) is 2.37. The standard InChI is InChI=1S/C6H2F3O/c7-3-1-2-4(10)6(9)5(3)8/h2,10H. The van der Waals surface area contributed by atoms with Crippen molar-refractivity contribution >= 4 is 0 Å². The highest BCUT2D eigenvalue weighted by Crippen LogP contribution is 2.18. The Labute approximate surface area is 54.7 Å². The van der Waals surface area contributed by atoms with Gasteiger partial charge in [0.05, 0.1) is 0 Å². The molecule has 0 unspecified atom stereocenters. The summed E-state index contributed by atoms with van der Waals surface area (Å²) >= 11 is 0. The number of hydrogen-bond donors (Lipinski definition) is 1. The van der Waals surface area contributed by atoms with Crippen molar-refractivity contribution in [2.24, 2.45) is 0 Å². The highest BCUT2D eigenvalue weighted by Gasteiger charge is 2.11. The molecule has 1 N–H and O–H groups in total. The first-order chi connectivity index (χ1) is 4.63. The van der Waals surface area contributed by atoms with E-state index in [4.69, 9.17) is 5.11 Å². The van der Waals surface area contributed by atoms with Crippen molar-refractivity contribution in [2.75, 3.05) is 0 Å². The number of benzene rings is 1. The first kappa shape index (κ1) is 6.92. The minimum atomic E-state index is -1.71. The Morgan fingerprint density at radius 3 is 2.30 bits per heavy atom. The van der Waals surface area contributed by atoms with E-state index in [0.717, 1.165) is 0 Å². The van der Waals surface area contributed by atoms with E-state index in [-0.39, 0.29) is 0 Å². The van der Waals surface area contributed by atoms with Crippen LogP contribution in [0.3, 0.4) is 0 Å². The van der Waals surface area contributed by atoms with Crippen LogP contribution >= 0.6 is 0 Å². The van der Waals surface area contributed by atoms with E-state index in [1.165, 1.54) is 0 Å². The van der Waals surface area contributed by atoms with Gasteiger partial charge in [-0.25, -0.2) is 8.78 Å². The molecule has 1 radical (unpaired) electrons. The third-order valence-electron chi connectivity index (χ3n) is 0.946. The van der Waals surface area contributed by atoms with Gasteiger partial charge in [-0.3, -0.25) is 0 Å². The smallest absolute Gasteiger partial charge is 0.203 e. The highest BCUT2D eigenvalue weighted by molar-refractivity contribution is 5.23. The van der Waals surface area contributed by atoms with Crippen LogP contribution in [0.2, 0.25) is 0 Å². The summed E-state index contributed by atoms with van der Waals surface area (Å²) in [6.07, 6.45) is 0. The molecule has 4 heteroatoms. The summed E-state index contributed by atoms with van der Waals surface area (Å²) in [6, 6.07) is 2.30. The minimum Gasteiger partial charge on any atom is -0.505 e. The van der Waals surface area contributed by atoms with Gasteiger partial charge in [0.15, 0.2) is 17.4 Å². The summed E-state index contributed by atoms with van der Waals surface area (Å²) in [6.45, 7) is 0. The van der Waals surface area contributed by atoms with Crippen LogP contribution in [0.5, 0.6) is 5.75 Å². The molecule has 1 aromatic rings. The molecule has 10 heavy (non-hydrogen) atoms. The van der Waals surface area contributed by atoms with E-state index in [1.807, 2.05) is 0 Å². The number of aromatic hydroxyl groups is 1. The lowest BCUT2D eigenvalue weighted by molar-refractivity contribution is 0.386. The van der Waals surface area contributed by atoms with Crippen LogP contribution in [0.25, 0.3) is 0 Å². The fraction of sp³-hybridized carbons (Fsp3) is 0. The quantitative estimate of drug-likeness (QED) is 0.552. The van der Waals surface area contributed by atoms with Crippen molar-refractivity contribution in [3.8, 4) is 5.75 Å². The van der Waals surface area contributed by atoms with Crippen LogP contribution in [-0.2, 0) is 0 Å². The van der Waals surface area contributed by atoms with Crippen molar-refractivity contribution in [2.45, 2.75) is 0 Å². The molecule has 0 heterocycles. The van der Waals surface area contributed by atoms with Crippen LogP contribution in [0.15, 0.2) is 6.07 Å². The monoisotopic (exact) mass is 147 g/mol. The first-order valence-electron chi connectivity index (χ1n) is 2.37. The molecule has 0 aliphatic rings. The molecule has 0 atom stereocenters. The van der Waals surface area contributed by atoms with Gasteiger partial charge in [0.25, 0.3) is 0 Å². The Bertz CT molecular complexity index is 232. The van der Waals surface area contributed by atoms with Gasteiger partial charge in [-0.05, 0) is 6.07 Å². The molecule has 1 rings (SSSR count). The Hall–Kier alpha value is -1.19. The maximum absolute atomic E-state index is 12.1. The lowest BCUT2D eigenvalue weighted by Gasteiger charge is -1.94. The molecule has 0 aliphatic carbocycles. The van der Waals surface area contributed by atoms with Crippen LogP contribution in [0, 0.1) is 23.5 Å². The zero-order chi connectivity index (χ0) is 7.72. The molecule has 0 saturated carbocycles. The van der Waals surface area contributed by atoms with E-state index in [0.29, 0.717) is 6.07 Å². The molecule has 0 fully saturated rings. The molecule has 0 bridgehead atoms. The van der Waals surface area contributed by atoms with Gasteiger partial charge in [0.2, 0.25) is 5.82 Å². The van der Waals surface area contributed by atoms with E-state index < -0.39 is 23.2 Å². The van der Waals surface area contributed by atoms with Crippen molar-refractivity contribution in [3.63, 3.8) is 0 Å². The lowest BCUT2D eigenvalue weighted by atomic mass is 10.3. The maximum atomic E-state index is 12.1. The number of rotatable bonds is 0. The minimum absolute atomic E-state index is 0.619. The van der Waals surface area contributed by atoms with E-state index in [9.17, 15) is 13.2 Å². The molecule has 0 amide bonds. The highest BCUT2D eigenvalue weighted by atomic mass is 19.2. The fourth-order valence-electron chi connectivity index (χ4n) is 0.467. The number of halogens is 3. The molecule has 0 aliphatic heterocycles. The number of phenolic OH excluding ortho intramolecular Hbond substituents is 1. The van der Waals surface area contributed by atoms with Gasteiger partial charge in [-0.1, -0.05) is 0 Å². The second-order valence-corrected chi connectivity index (χ2v) is 1.62. The largest absolute Gasteiger partial charge is 0.505 e. The van der Waals surface area contributed by atoms with Gasteiger partial charge in [-0.2, -0.15) is 4.39 Å². The fourth-order valence-corrected chi connectivity index (χ4v) is 0.467. The molecule has 0 aromatic heterocycles. The Morgan fingerprint density at radius 2 is 1.80 bits per heavy atom. The van der Waals surface area contributed by atoms with Crippen LogP contribution in [-0.4, -0.2) is 5.11 Å². The zero-order valence-corrected chi connectivity index (χ0v) is 4.66. The predicted octanol–water partition coefficient (Wildman–Crippen LogP) is 1.61. The van der Waals surface area contributed by atoms with Crippen molar-refractivity contribution in [1.82, 2.24) is 0 Å². The molecular weight excluding hydrogens is 145 g/mol. The summed E-state index contributed by atoms with van der Waals surface area (Å²) < 4.78 is 36.1. The topological polar surface area (TPSA) is 20.2 Å². The van der Waals surface area contributed by atoms with Crippen LogP contribution < -0.4 is 0 Å². The normalized spacial score (nSPS) is 9.90. The van der Waals surface area contributed by atoms with Crippen molar-refractivity contribution in [1.29, 1.82) is 0 Å². The Balaban J connectivity index is 3.34. The van der Waals surface area contributed by atoms with Gasteiger partial charge >= 0.3 is 0 Å². The second kappa shape index (κ2) is 2.21. The van der Waals surface area contributed by atoms with Gasteiger partial charge < -0.3 is 5.11 Å². The predicted molar refractivity (Wildman–Crippen MR) is 26.8 cm³/mol. The SMILES string of the molecule is Oc1c[c]c(F)c(F)c1F. The summed E-state index contributed by atoms with van der Waals surface area (Å²) in [5, 5.41) is 8.41. The summed E-state index contributed by atoms with van der Waals surface area (Å²) in [7, 11) is 0. The second-order valence-electron chi connectivity index (χ2n) is 1.62. The average Bonchev–Trinajstić information content (AvgIpc) is 1.93. The van der Waals surface area contributed by atoms with Crippen molar-refractivity contribution in [3.05, 3.63) is 29.6 Å². The van der Waals surface area contributed by atoms with E-state index >= 15 is 0 Å². The molecule has 53 valence electrons. The van der Waals surface area contributed by atoms with E-state index in [1.54, 1.807) is 6.07 Å². The van der Waals surface area contributed by atoms with Gasteiger partial charge in [-0.15, -0.1) is 0 Å². The molecule has 1 aromatic carbocycles. The Kier molecular flexibility index (Phi) is 1.53. The summed E-state index contributed by atoms with van der Waals surface area (Å²) in [5.74, 6) is -5.68. The van der Waals surface area contributed by atoms with E-state index in [2.05, 4.69) is 0 Å². The third-order valence-corrected chi connectivity index (χ3v) is 0.946. The zero-order valence-electron chi connectivity index (χ0n) is 4.66. The average molecular weight is 147 g/mol. The molecule has 0 saturated heterocycles. The van der Waals surface area contributed by atoms with Gasteiger partial charge in [0, 0.05) is 6.07 Å². The van der Waals surface area contributed by atoms with Crippen LogP contribution in [0.4, 0.5) is 13.2 Å². The molecular formula is C6H2F3O. The van der Waals surface area contributed by atoms with Crippen LogP contribution in [0.1, 0.15) is 0 Å². The number of phenols is 1. The lowest BCUT2D eigenvalue weighted by Crippen LogP contribution is -1.89. The molecule has 1 nitrogen and oxygen atoms in total. The van der Waals surface area contributed by atoms with Crippen molar-refractivity contribution < 1.29 is 18.3 Å². The number of hydrogen-bond acceptors (Lipinski definition) is 1. The maximum Gasteiger partial charge on any atom is 0.203 e. The Morgan fingerprint density at radius 1 is 1.20 bits per heavy atom. The third kappa shape index (κ3) is 0.920. The molecule has 0 spiro atoms. The van der Waals surface area contributed by atoms with Gasteiger partial charge in [0.1, 0.15) is 0 Å².